The van der Waals surface area contributed by atoms with Gasteiger partial charge in [-0.1, -0.05) is 25.1 Å². The van der Waals surface area contributed by atoms with Gasteiger partial charge in [0.15, 0.2) is 0 Å². The van der Waals surface area contributed by atoms with E-state index < -0.39 is 0 Å². The van der Waals surface area contributed by atoms with E-state index in [1.807, 2.05) is 0 Å². The predicted molar refractivity (Wildman–Crippen MR) is 79.8 cm³/mol. The lowest BCUT2D eigenvalue weighted by atomic mass is 9.99. The third-order valence-electron chi connectivity index (χ3n) is 3.63. The Balaban J connectivity index is 2.14. The molecule has 0 saturated carbocycles. The van der Waals surface area contributed by atoms with Gasteiger partial charge in [-0.25, -0.2) is 0 Å². The molecule has 0 radical (unpaired) electrons. The lowest BCUT2D eigenvalue weighted by molar-refractivity contribution is 0.334. The first kappa shape index (κ1) is 14.4. The summed E-state index contributed by atoms with van der Waals surface area (Å²) in [7, 11) is 4.26. The highest BCUT2D eigenvalue weighted by Gasteiger charge is 2.21. The van der Waals surface area contributed by atoms with Gasteiger partial charge in [0.2, 0.25) is 0 Å². The quantitative estimate of drug-likeness (QED) is 0.817. The van der Waals surface area contributed by atoms with Crippen molar-refractivity contribution >= 4 is 0 Å². The summed E-state index contributed by atoms with van der Waals surface area (Å²) in [6, 6.07) is 6.97. The molecule has 1 N–H and O–H groups in total. The number of para-hydroxylation sites is 1. The van der Waals surface area contributed by atoms with Crippen LogP contribution in [0.2, 0.25) is 0 Å². The van der Waals surface area contributed by atoms with Crippen molar-refractivity contribution in [2.45, 2.75) is 32.2 Å². The maximum absolute atomic E-state index is 5.84. The number of nitrogens with zero attached hydrogens (tertiary/aromatic N) is 1. The fourth-order valence-electron chi connectivity index (χ4n) is 2.59. The van der Waals surface area contributed by atoms with Crippen LogP contribution < -0.4 is 10.1 Å². The molecule has 3 heteroatoms. The van der Waals surface area contributed by atoms with Gasteiger partial charge in [-0.2, -0.15) is 0 Å². The van der Waals surface area contributed by atoms with Crippen molar-refractivity contribution in [3.63, 3.8) is 0 Å². The van der Waals surface area contributed by atoms with Gasteiger partial charge in [0, 0.05) is 18.0 Å². The Hall–Kier alpha value is -1.06. The van der Waals surface area contributed by atoms with Crippen LogP contribution in [0.5, 0.6) is 5.75 Å². The highest BCUT2D eigenvalue weighted by Crippen LogP contribution is 2.34. The minimum atomic E-state index is 0.399. The molecule has 1 heterocycles. The Morgan fingerprint density at radius 3 is 2.95 bits per heavy atom. The van der Waals surface area contributed by atoms with Crippen molar-refractivity contribution in [3.05, 3.63) is 29.3 Å². The van der Waals surface area contributed by atoms with Crippen LogP contribution in [0.3, 0.4) is 0 Å². The molecule has 19 heavy (non-hydrogen) atoms. The Morgan fingerprint density at radius 1 is 1.37 bits per heavy atom. The Bertz CT molecular complexity index is 404. The van der Waals surface area contributed by atoms with E-state index in [4.69, 9.17) is 4.74 Å². The Kier molecular flexibility index (Phi) is 5.23. The first-order valence-corrected chi connectivity index (χ1v) is 7.35. The Labute approximate surface area is 116 Å². The molecule has 106 valence electrons. The van der Waals surface area contributed by atoms with Crippen LogP contribution in [0, 0.1) is 0 Å². The molecule has 0 spiro atoms. The third kappa shape index (κ3) is 3.71. The average Bonchev–Trinajstić information content (AvgIpc) is 2.87. The van der Waals surface area contributed by atoms with E-state index in [0.717, 1.165) is 44.7 Å². The van der Waals surface area contributed by atoms with Crippen LogP contribution in [0.4, 0.5) is 0 Å². The summed E-state index contributed by atoms with van der Waals surface area (Å²) in [5.41, 5.74) is 2.70. The van der Waals surface area contributed by atoms with Crippen molar-refractivity contribution in [3.8, 4) is 5.75 Å². The SMILES string of the molecule is CCCNC(CCN(C)C)c1cccc2c1OCC2. The lowest BCUT2D eigenvalue weighted by Gasteiger charge is -2.22. The number of benzene rings is 1. The molecule has 1 aliphatic heterocycles. The third-order valence-corrected chi connectivity index (χ3v) is 3.63. The van der Waals surface area contributed by atoms with Gasteiger partial charge in [0.1, 0.15) is 5.75 Å². The van der Waals surface area contributed by atoms with Crippen LogP contribution in [-0.4, -0.2) is 38.7 Å². The van der Waals surface area contributed by atoms with Crippen molar-refractivity contribution in [2.24, 2.45) is 0 Å². The highest BCUT2D eigenvalue weighted by atomic mass is 16.5. The molecular formula is C16H26N2O. The lowest BCUT2D eigenvalue weighted by Crippen LogP contribution is -2.26. The summed E-state index contributed by atoms with van der Waals surface area (Å²) in [6.45, 7) is 5.19. The van der Waals surface area contributed by atoms with E-state index in [1.165, 1.54) is 11.1 Å². The van der Waals surface area contributed by atoms with Crippen LogP contribution in [0.15, 0.2) is 18.2 Å². The van der Waals surface area contributed by atoms with E-state index in [1.54, 1.807) is 0 Å². The molecule has 1 aromatic carbocycles. The molecule has 1 aromatic rings. The molecule has 0 bridgehead atoms. The number of rotatable bonds is 7. The predicted octanol–water partition coefficient (Wildman–Crippen LogP) is 2.61. The van der Waals surface area contributed by atoms with E-state index in [0.29, 0.717) is 6.04 Å². The minimum Gasteiger partial charge on any atom is -0.493 e. The van der Waals surface area contributed by atoms with Gasteiger partial charge in [-0.05, 0) is 45.6 Å². The van der Waals surface area contributed by atoms with E-state index >= 15 is 0 Å². The smallest absolute Gasteiger partial charge is 0.127 e. The zero-order valence-electron chi connectivity index (χ0n) is 12.4. The summed E-state index contributed by atoms with van der Waals surface area (Å²) in [6.07, 6.45) is 3.33. The first-order valence-electron chi connectivity index (χ1n) is 7.35. The second-order valence-corrected chi connectivity index (χ2v) is 5.53. The zero-order valence-corrected chi connectivity index (χ0v) is 12.4. The average molecular weight is 262 g/mol. The number of fused-ring (bicyclic) bond motifs is 1. The molecule has 0 aromatic heterocycles. The summed E-state index contributed by atoms with van der Waals surface area (Å²) >= 11 is 0. The Morgan fingerprint density at radius 2 is 2.21 bits per heavy atom. The maximum Gasteiger partial charge on any atom is 0.127 e. The minimum absolute atomic E-state index is 0.399. The number of nitrogens with one attached hydrogen (secondary N) is 1. The molecule has 0 amide bonds. The van der Waals surface area contributed by atoms with Crippen molar-refractivity contribution < 1.29 is 4.74 Å². The standard InChI is InChI=1S/C16H26N2O/c1-4-10-17-15(8-11-18(2)3)14-7-5-6-13-9-12-19-16(13)14/h5-7,15,17H,4,8-12H2,1-3H3. The van der Waals surface area contributed by atoms with Crippen LogP contribution in [0.1, 0.15) is 36.9 Å². The summed E-state index contributed by atoms with van der Waals surface area (Å²) in [5, 5.41) is 3.66. The van der Waals surface area contributed by atoms with Gasteiger partial charge >= 0.3 is 0 Å². The second kappa shape index (κ2) is 6.92. The van der Waals surface area contributed by atoms with Crippen molar-refractivity contribution in [1.82, 2.24) is 10.2 Å². The summed E-state index contributed by atoms with van der Waals surface area (Å²) < 4.78 is 5.84. The zero-order chi connectivity index (χ0) is 13.7. The molecule has 1 aliphatic rings. The van der Waals surface area contributed by atoms with Crippen LogP contribution in [-0.2, 0) is 6.42 Å². The summed E-state index contributed by atoms with van der Waals surface area (Å²) in [4.78, 5) is 2.24. The van der Waals surface area contributed by atoms with Gasteiger partial charge in [0.05, 0.1) is 6.61 Å². The van der Waals surface area contributed by atoms with Crippen LogP contribution >= 0.6 is 0 Å². The fourth-order valence-corrected chi connectivity index (χ4v) is 2.59. The van der Waals surface area contributed by atoms with Crippen molar-refractivity contribution in [2.75, 3.05) is 33.8 Å². The van der Waals surface area contributed by atoms with E-state index in [2.05, 4.69) is 49.4 Å². The van der Waals surface area contributed by atoms with E-state index in [9.17, 15) is 0 Å². The highest BCUT2D eigenvalue weighted by molar-refractivity contribution is 5.45. The fraction of sp³-hybridized carbons (Fsp3) is 0.625. The molecule has 3 nitrogen and oxygen atoms in total. The normalized spacial score (nSPS) is 15.4. The number of hydrogen-bond donors (Lipinski definition) is 1. The van der Waals surface area contributed by atoms with Gasteiger partial charge < -0.3 is 15.0 Å². The molecule has 0 saturated heterocycles. The number of ether oxygens (including phenoxy) is 1. The van der Waals surface area contributed by atoms with Crippen molar-refractivity contribution in [1.29, 1.82) is 0 Å². The van der Waals surface area contributed by atoms with Gasteiger partial charge in [0.25, 0.3) is 0 Å². The monoisotopic (exact) mass is 262 g/mol. The van der Waals surface area contributed by atoms with E-state index in [-0.39, 0.29) is 0 Å². The molecular weight excluding hydrogens is 236 g/mol. The molecule has 0 fully saturated rings. The molecule has 1 atom stereocenters. The van der Waals surface area contributed by atoms with Gasteiger partial charge in [-0.15, -0.1) is 0 Å². The molecule has 2 rings (SSSR count). The topological polar surface area (TPSA) is 24.5 Å². The first-order chi connectivity index (χ1) is 9.22. The molecule has 1 unspecified atom stereocenters. The van der Waals surface area contributed by atoms with Crippen LogP contribution in [0.25, 0.3) is 0 Å². The second-order valence-electron chi connectivity index (χ2n) is 5.53. The largest absolute Gasteiger partial charge is 0.493 e. The maximum atomic E-state index is 5.84. The number of hydrogen-bond acceptors (Lipinski definition) is 3. The van der Waals surface area contributed by atoms with Gasteiger partial charge in [-0.3, -0.25) is 0 Å². The molecule has 0 aliphatic carbocycles. The summed E-state index contributed by atoms with van der Waals surface area (Å²) in [5.74, 6) is 1.13.